The Hall–Kier alpha value is -2.07. The molecule has 106 valence electrons. The number of fused-ring (bicyclic) bond motifs is 1. The molecule has 0 saturated heterocycles. The van der Waals surface area contributed by atoms with Gasteiger partial charge in [0.25, 0.3) is 5.91 Å². The third-order valence-electron chi connectivity index (χ3n) is 3.54. The van der Waals surface area contributed by atoms with E-state index < -0.39 is 5.60 Å². The fourth-order valence-electron chi connectivity index (χ4n) is 1.93. The summed E-state index contributed by atoms with van der Waals surface area (Å²) in [4.78, 5) is 12.1. The first-order valence-electron chi connectivity index (χ1n) is 6.66. The number of nitrogens with one attached hydrogen (secondary N) is 1. The molecular formula is C16H19NO3. The summed E-state index contributed by atoms with van der Waals surface area (Å²) in [5.41, 5.74) is -0.724. The van der Waals surface area contributed by atoms with Crippen LogP contribution in [0.15, 0.2) is 36.4 Å². The highest BCUT2D eigenvalue weighted by Crippen LogP contribution is 2.28. The average molecular weight is 273 g/mol. The quantitative estimate of drug-likeness (QED) is 0.801. The van der Waals surface area contributed by atoms with Crippen LogP contribution >= 0.6 is 0 Å². The summed E-state index contributed by atoms with van der Waals surface area (Å²) in [7, 11) is 0. The SMILES string of the molecule is CCC(C)(O)CNC(=O)c1ccc2ccccc2c1O. The summed E-state index contributed by atoms with van der Waals surface area (Å²) in [5.74, 6) is -0.418. The van der Waals surface area contributed by atoms with Crippen molar-refractivity contribution >= 4 is 16.7 Å². The average Bonchev–Trinajstić information content (AvgIpc) is 2.45. The molecule has 0 aromatic heterocycles. The van der Waals surface area contributed by atoms with E-state index in [1.54, 1.807) is 25.1 Å². The lowest BCUT2D eigenvalue weighted by Crippen LogP contribution is -2.40. The maximum Gasteiger partial charge on any atom is 0.255 e. The first kappa shape index (κ1) is 14.3. The summed E-state index contributed by atoms with van der Waals surface area (Å²) in [6, 6.07) is 10.7. The fourth-order valence-corrected chi connectivity index (χ4v) is 1.93. The first-order valence-corrected chi connectivity index (χ1v) is 6.66. The first-order chi connectivity index (χ1) is 9.44. The van der Waals surface area contributed by atoms with Crippen LogP contribution in [0.5, 0.6) is 5.75 Å². The highest BCUT2D eigenvalue weighted by Gasteiger charge is 2.20. The monoisotopic (exact) mass is 273 g/mol. The Balaban J connectivity index is 2.25. The number of phenolic OH excluding ortho intramolecular Hbond substituents is 1. The van der Waals surface area contributed by atoms with Crippen LogP contribution in [-0.2, 0) is 0 Å². The summed E-state index contributed by atoms with van der Waals surface area (Å²) < 4.78 is 0. The number of aliphatic hydroxyl groups is 1. The lowest BCUT2D eigenvalue weighted by atomic mass is 10.0. The van der Waals surface area contributed by atoms with Gasteiger partial charge in [0.05, 0.1) is 11.2 Å². The van der Waals surface area contributed by atoms with E-state index in [0.717, 1.165) is 5.39 Å². The molecule has 1 unspecified atom stereocenters. The van der Waals surface area contributed by atoms with Gasteiger partial charge in [-0.15, -0.1) is 0 Å². The highest BCUT2D eigenvalue weighted by molar-refractivity contribution is 6.03. The molecule has 0 aliphatic rings. The molecule has 2 rings (SSSR count). The fraction of sp³-hybridized carbons (Fsp3) is 0.312. The van der Waals surface area contributed by atoms with Gasteiger partial charge in [0.15, 0.2) is 0 Å². The number of hydrogen-bond donors (Lipinski definition) is 3. The zero-order valence-corrected chi connectivity index (χ0v) is 11.7. The molecule has 0 aliphatic heterocycles. The number of benzene rings is 2. The predicted octanol–water partition coefficient (Wildman–Crippen LogP) is 2.44. The van der Waals surface area contributed by atoms with Crippen LogP contribution in [0.4, 0.5) is 0 Å². The van der Waals surface area contributed by atoms with Crippen molar-refractivity contribution in [3.63, 3.8) is 0 Å². The second-order valence-electron chi connectivity index (χ2n) is 5.22. The molecule has 0 saturated carbocycles. The summed E-state index contributed by atoms with van der Waals surface area (Å²) in [6.07, 6.45) is 0.539. The number of carbonyl (C=O) groups is 1. The maximum absolute atomic E-state index is 12.1. The molecule has 0 fully saturated rings. The van der Waals surface area contributed by atoms with E-state index in [-0.39, 0.29) is 23.8 Å². The molecule has 0 bridgehead atoms. The Labute approximate surface area is 118 Å². The Morgan fingerprint density at radius 3 is 2.65 bits per heavy atom. The van der Waals surface area contributed by atoms with E-state index in [9.17, 15) is 15.0 Å². The molecule has 0 aliphatic carbocycles. The Bertz CT molecular complexity index is 635. The lowest BCUT2D eigenvalue weighted by molar-refractivity contribution is 0.0517. The van der Waals surface area contributed by atoms with Gasteiger partial charge in [-0.1, -0.05) is 37.3 Å². The Morgan fingerprint density at radius 1 is 1.25 bits per heavy atom. The molecule has 2 aromatic carbocycles. The van der Waals surface area contributed by atoms with Crippen molar-refractivity contribution in [3.05, 3.63) is 42.0 Å². The zero-order valence-electron chi connectivity index (χ0n) is 11.7. The number of carbonyl (C=O) groups excluding carboxylic acids is 1. The van der Waals surface area contributed by atoms with Crippen molar-refractivity contribution < 1.29 is 15.0 Å². The van der Waals surface area contributed by atoms with Gasteiger partial charge in [0, 0.05) is 11.9 Å². The molecular weight excluding hydrogens is 254 g/mol. The molecule has 1 atom stereocenters. The number of hydrogen-bond acceptors (Lipinski definition) is 3. The predicted molar refractivity (Wildman–Crippen MR) is 78.9 cm³/mol. The Morgan fingerprint density at radius 2 is 1.95 bits per heavy atom. The van der Waals surface area contributed by atoms with E-state index in [1.165, 1.54) is 0 Å². The Kier molecular flexibility index (Phi) is 3.95. The van der Waals surface area contributed by atoms with Crippen LogP contribution < -0.4 is 5.32 Å². The van der Waals surface area contributed by atoms with Crippen LogP contribution in [-0.4, -0.2) is 28.3 Å². The van der Waals surface area contributed by atoms with Gasteiger partial charge in [-0.05, 0) is 24.8 Å². The summed E-state index contributed by atoms with van der Waals surface area (Å²) >= 11 is 0. The molecule has 3 N–H and O–H groups in total. The van der Waals surface area contributed by atoms with E-state index in [4.69, 9.17) is 0 Å². The van der Waals surface area contributed by atoms with Gasteiger partial charge >= 0.3 is 0 Å². The lowest BCUT2D eigenvalue weighted by Gasteiger charge is -2.21. The molecule has 20 heavy (non-hydrogen) atoms. The zero-order chi connectivity index (χ0) is 14.8. The molecule has 0 radical (unpaired) electrons. The number of amides is 1. The molecule has 0 heterocycles. The third-order valence-corrected chi connectivity index (χ3v) is 3.54. The molecule has 1 amide bonds. The maximum atomic E-state index is 12.1. The number of aromatic hydroxyl groups is 1. The minimum Gasteiger partial charge on any atom is -0.506 e. The van der Waals surface area contributed by atoms with Crippen molar-refractivity contribution in [2.45, 2.75) is 25.9 Å². The number of phenols is 1. The third kappa shape index (κ3) is 2.91. The van der Waals surface area contributed by atoms with Crippen molar-refractivity contribution in [1.29, 1.82) is 0 Å². The van der Waals surface area contributed by atoms with Gasteiger partial charge < -0.3 is 15.5 Å². The van der Waals surface area contributed by atoms with Crippen LogP contribution in [0.25, 0.3) is 10.8 Å². The van der Waals surface area contributed by atoms with E-state index in [0.29, 0.717) is 11.8 Å². The van der Waals surface area contributed by atoms with Gasteiger partial charge in [0.1, 0.15) is 5.75 Å². The normalized spacial score (nSPS) is 13.9. The number of rotatable bonds is 4. The molecule has 4 nitrogen and oxygen atoms in total. The van der Waals surface area contributed by atoms with E-state index >= 15 is 0 Å². The van der Waals surface area contributed by atoms with Crippen LogP contribution in [0.3, 0.4) is 0 Å². The van der Waals surface area contributed by atoms with Crippen molar-refractivity contribution in [2.75, 3.05) is 6.54 Å². The summed E-state index contributed by atoms with van der Waals surface area (Å²) in [6.45, 7) is 3.65. The second-order valence-corrected chi connectivity index (χ2v) is 5.22. The minimum atomic E-state index is -0.942. The molecule has 2 aromatic rings. The van der Waals surface area contributed by atoms with Crippen LogP contribution in [0.2, 0.25) is 0 Å². The van der Waals surface area contributed by atoms with Crippen LogP contribution in [0, 0.1) is 0 Å². The van der Waals surface area contributed by atoms with E-state index in [2.05, 4.69) is 5.32 Å². The highest BCUT2D eigenvalue weighted by atomic mass is 16.3. The van der Waals surface area contributed by atoms with Gasteiger partial charge in [0.2, 0.25) is 0 Å². The molecule has 4 heteroatoms. The largest absolute Gasteiger partial charge is 0.506 e. The van der Waals surface area contributed by atoms with Crippen molar-refractivity contribution in [1.82, 2.24) is 5.32 Å². The van der Waals surface area contributed by atoms with Gasteiger partial charge in [-0.2, -0.15) is 0 Å². The van der Waals surface area contributed by atoms with Crippen molar-refractivity contribution in [3.8, 4) is 5.75 Å². The second kappa shape index (κ2) is 5.51. The minimum absolute atomic E-state index is 0.0308. The summed E-state index contributed by atoms with van der Waals surface area (Å²) in [5, 5.41) is 24.2. The van der Waals surface area contributed by atoms with Gasteiger partial charge in [-0.25, -0.2) is 0 Å². The molecule has 0 spiro atoms. The van der Waals surface area contributed by atoms with Crippen molar-refractivity contribution in [2.24, 2.45) is 0 Å². The van der Waals surface area contributed by atoms with Gasteiger partial charge in [-0.3, -0.25) is 4.79 Å². The van der Waals surface area contributed by atoms with Crippen LogP contribution in [0.1, 0.15) is 30.6 Å². The standard InChI is InChI=1S/C16H19NO3/c1-3-16(2,20)10-17-15(19)13-9-8-11-6-4-5-7-12(11)14(13)18/h4-9,18,20H,3,10H2,1-2H3,(H,17,19). The topological polar surface area (TPSA) is 69.6 Å². The van der Waals surface area contributed by atoms with E-state index in [1.807, 2.05) is 25.1 Å². The smallest absolute Gasteiger partial charge is 0.255 e.